The molecule has 1 amide bonds. The first kappa shape index (κ1) is 16.8. The molecular formula is C14H16N4O4S2. The molecule has 3 rings (SSSR count). The number of amides is 1. The standard InChI is InChI=1S/C14H16N4O4S2/c1-24(21,22)11-5-3-2-4-10(11)15-12(19)8-23-14-17-16-13(20)18(14)9-6-7-9/h2-5,9H,6-8H2,1H3,(H,15,19)(H,16,20). The Morgan fingerprint density at radius 3 is 2.79 bits per heavy atom. The molecule has 0 spiro atoms. The second-order valence-corrected chi connectivity index (χ2v) is 8.44. The summed E-state index contributed by atoms with van der Waals surface area (Å²) in [6, 6.07) is 6.38. The maximum atomic E-state index is 12.1. The fourth-order valence-electron chi connectivity index (χ4n) is 2.26. The minimum atomic E-state index is -3.44. The second-order valence-electron chi connectivity index (χ2n) is 5.52. The number of rotatable bonds is 6. The highest BCUT2D eigenvalue weighted by Gasteiger charge is 2.28. The van der Waals surface area contributed by atoms with Crippen LogP contribution in [0.3, 0.4) is 0 Å². The van der Waals surface area contributed by atoms with E-state index in [0.717, 1.165) is 30.9 Å². The van der Waals surface area contributed by atoms with Crippen molar-refractivity contribution in [1.29, 1.82) is 0 Å². The number of H-pyrrole nitrogens is 1. The molecule has 0 atom stereocenters. The van der Waals surface area contributed by atoms with Crippen molar-refractivity contribution in [1.82, 2.24) is 14.8 Å². The monoisotopic (exact) mass is 368 g/mol. The third kappa shape index (κ3) is 3.70. The van der Waals surface area contributed by atoms with Gasteiger partial charge in [-0.2, -0.15) is 0 Å². The van der Waals surface area contributed by atoms with Gasteiger partial charge in [0.05, 0.1) is 16.3 Å². The number of para-hydroxylation sites is 1. The number of carbonyl (C=O) groups is 1. The first-order chi connectivity index (χ1) is 11.4. The van der Waals surface area contributed by atoms with Crippen LogP contribution in [0, 0.1) is 0 Å². The summed E-state index contributed by atoms with van der Waals surface area (Å²) in [5, 5.41) is 9.37. The number of hydrogen-bond donors (Lipinski definition) is 2. The number of nitrogens with zero attached hydrogens (tertiary/aromatic N) is 2. The summed E-state index contributed by atoms with van der Waals surface area (Å²) in [6.45, 7) is 0. The third-order valence-corrected chi connectivity index (χ3v) is 5.58. The number of aromatic nitrogens is 3. The first-order valence-corrected chi connectivity index (χ1v) is 10.1. The molecule has 2 aromatic rings. The summed E-state index contributed by atoms with van der Waals surface area (Å²) in [5.41, 5.74) is -0.0324. The van der Waals surface area contributed by atoms with Gasteiger partial charge < -0.3 is 5.32 Å². The van der Waals surface area contributed by atoms with Gasteiger partial charge in [-0.15, -0.1) is 5.10 Å². The lowest BCUT2D eigenvalue weighted by Crippen LogP contribution is -2.18. The lowest BCUT2D eigenvalue weighted by atomic mass is 10.3. The average Bonchev–Trinajstić information content (AvgIpc) is 3.28. The molecule has 1 saturated carbocycles. The molecule has 1 aromatic carbocycles. The van der Waals surface area contributed by atoms with Crippen LogP contribution in [0.2, 0.25) is 0 Å². The van der Waals surface area contributed by atoms with E-state index in [2.05, 4.69) is 15.5 Å². The van der Waals surface area contributed by atoms with E-state index in [0.29, 0.717) is 5.16 Å². The number of aromatic amines is 1. The Balaban J connectivity index is 1.68. The quantitative estimate of drug-likeness (QED) is 0.737. The number of sulfone groups is 1. The number of nitrogens with one attached hydrogen (secondary N) is 2. The predicted octanol–water partition coefficient (Wildman–Crippen LogP) is 1.04. The Morgan fingerprint density at radius 1 is 1.42 bits per heavy atom. The van der Waals surface area contributed by atoms with E-state index >= 15 is 0 Å². The van der Waals surface area contributed by atoms with Crippen LogP contribution in [0.5, 0.6) is 0 Å². The van der Waals surface area contributed by atoms with E-state index < -0.39 is 9.84 Å². The topological polar surface area (TPSA) is 114 Å². The van der Waals surface area contributed by atoms with Gasteiger partial charge in [0.2, 0.25) is 5.91 Å². The van der Waals surface area contributed by atoms with Gasteiger partial charge >= 0.3 is 5.69 Å². The van der Waals surface area contributed by atoms with Crippen LogP contribution in [-0.2, 0) is 14.6 Å². The van der Waals surface area contributed by atoms with E-state index in [1.807, 2.05) is 0 Å². The molecule has 1 fully saturated rings. The van der Waals surface area contributed by atoms with Crippen LogP contribution in [-0.4, -0.2) is 41.1 Å². The molecule has 0 radical (unpaired) electrons. The zero-order chi connectivity index (χ0) is 17.3. The van der Waals surface area contributed by atoms with E-state index in [9.17, 15) is 18.0 Å². The molecule has 2 N–H and O–H groups in total. The van der Waals surface area contributed by atoms with Crippen LogP contribution in [0.15, 0.2) is 39.1 Å². The van der Waals surface area contributed by atoms with Crippen LogP contribution < -0.4 is 11.0 Å². The van der Waals surface area contributed by atoms with Crippen molar-refractivity contribution in [2.75, 3.05) is 17.3 Å². The van der Waals surface area contributed by atoms with Crippen molar-refractivity contribution in [3.8, 4) is 0 Å². The fraction of sp³-hybridized carbons (Fsp3) is 0.357. The van der Waals surface area contributed by atoms with Crippen molar-refractivity contribution in [3.05, 3.63) is 34.7 Å². The highest BCUT2D eigenvalue weighted by molar-refractivity contribution is 7.99. The number of carbonyl (C=O) groups excluding carboxylic acids is 1. The molecular weight excluding hydrogens is 352 g/mol. The number of benzene rings is 1. The minimum absolute atomic E-state index is 0.0229. The molecule has 0 unspecified atom stereocenters. The summed E-state index contributed by atoms with van der Waals surface area (Å²) in [4.78, 5) is 23.9. The van der Waals surface area contributed by atoms with Gasteiger partial charge in [-0.05, 0) is 25.0 Å². The lowest BCUT2D eigenvalue weighted by molar-refractivity contribution is -0.113. The normalized spacial score (nSPS) is 14.5. The summed E-state index contributed by atoms with van der Waals surface area (Å²) in [7, 11) is -3.44. The van der Waals surface area contributed by atoms with Gasteiger partial charge in [0.15, 0.2) is 15.0 Å². The summed E-state index contributed by atoms with van der Waals surface area (Å²) in [5.74, 6) is -0.344. The number of hydrogen-bond acceptors (Lipinski definition) is 6. The van der Waals surface area contributed by atoms with Crippen molar-refractivity contribution in [2.45, 2.75) is 28.9 Å². The zero-order valence-electron chi connectivity index (χ0n) is 12.9. The maximum absolute atomic E-state index is 12.1. The molecule has 1 aliphatic rings. The van der Waals surface area contributed by atoms with Crippen molar-refractivity contribution >= 4 is 33.2 Å². The van der Waals surface area contributed by atoms with Gasteiger partial charge in [-0.3, -0.25) is 9.36 Å². The largest absolute Gasteiger partial charge is 0.344 e. The van der Waals surface area contributed by atoms with E-state index in [1.54, 1.807) is 16.7 Å². The lowest BCUT2D eigenvalue weighted by Gasteiger charge is -2.09. The Bertz CT molecular complexity index is 928. The van der Waals surface area contributed by atoms with E-state index in [1.165, 1.54) is 12.1 Å². The summed E-state index contributed by atoms with van der Waals surface area (Å²) in [6.07, 6.45) is 2.95. The van der Waals surface area contributed by atoms with Crippen LogP contribution >= 0.6 is 11.8 Å². The SMILES string of the molecule is CS(=O)(=O)c1ccccc1NC(=O)CSc1n[nH]c(=O)n1C1CC1. The number of anilines is 1. The highest BCUT2D eigenvalue weighted by atomic mass is 32.2. The van der Waals surface area contributed by atoms with Crippen LogP contribution in [0.25, 0.3) is 0 Å². The van der Waals surface area contributed by atoms with Gasteiger partial charge in [-0.25, -0.2) is 18.3 Å². The van der Waals surface area contributed by atoms with Crippen molar-refractivity contribution < 1.29 is 13.2 Å². The van der Waals surface area contributed by atoms with Gasteiger partial charge in [0, 0.05) is 12.3 Å². The highest BCUT2D eigenvalue weighted by Crippen LogP contribution is 2.36. The molecule has 0 aliphatic heterocycles. The van der Waals surface area contributed by atoms with Crippen LogP contribution in [0.4, 0.5) is 5.69 Å². The van der Waals surface area contributed by atoms with E-state index in [4.69, 9.17) is 0 Å². The Labute approximate surface area is 142 Å². The molecule has 0 bridgehead atoms. The maximum Gasteiger partial charge on any atom is 0.344 e. The van der Waals surface area contributed by atoms with Gasteiger partial charge in [0.25, 0.3) is 0 Å². The first-order valence-electron chi connectivity index (χ1n) is 7.25. The van der Waals surface area contributed by atoms with Gasteiger partial charge in [-0.1, -0.05) is 23.9 Å². The second kappa shape index (κ2) is 6.44. The molecule has 24 heavy (non-hydrogen) atoms. The van der Waals surface area contributed by atoms with Crippen molar-refractivity contribution in [2.24, 2.45) is 0 Å². The molecule has 1 aliphatic carbocycles. The Hall–Kier alpha value is -2.07. The Morgan fingerprint density at radius 2 is 2.12 bits per heavy atom. The number of thioether (sulfide) groups is 1. The zero-order valence-corrected chi connectivity index (χ0v) is 14.5. The molecule has 10 heteroatoms. The molecule has 0 saturated heterocycles. The van der Waals surface area contributed by atoms with Gasteiger partial charge in [0.1, 0.15) is 0 Å². The minimum Gasteiger partial charge on any atom is -0.324 e. The average molecular weight is 368 g/mol. The summed E-state index contributed by atoms with van der Waals surface area (Å²) < 4.78 is 25.0. The van der Waals surface area contributed by atoms with Crippen LogP contribution in [0.1, 0.15) is 18.9 Å². The molecule has 1 heterocycles. The fourth-order valence-corrected chi connectivity index (χ4v) is 3.91. The molecule has 8 nitrogen and oxygen atoms in total. The Kier molecular flexibility index (Phi) is 4.50. The molecule has 1 aromatic heterocycles. The summed E-state index contributed by atoms with van der Waals surface area (Å²) >= 11 is 1.14. The third-order valence-electron chi connectivity index (χ3n) is 3.48. The van der Waals surface area contributed by atoms with Crippen molar-refractivity contribution in [3.63, 3.8) is 0 Å². The molecule has 128 valence electrons. The predicted molar refractivity (Wildman–Crippen MR) is 90.0 cm³/mol. The van der Waals surface area contributed by atoms with E-state index in [-0.39, 0.29) is 34.0 Å². The smallest absolute Gasteiger partial charge is 0.324 e.